The lowest BCUT2D eigenvalue weighted by Crippen LogP contribution is -2.27. The molecule has 68 valence electrons. The maximum Gasteiger partial charge on any atom is 0.0612 e. The van der Waals surface area contributed by atoms with Crippen molar-refractivity contribution in [3.8, 4) is 0 Å². The highest BCUT2D eigenvalue weighted by Crippen LogP contribution is 2.48. The Balaban J connectivity index is 2.79. The van der Waals surface area contributed by atoms with E-state index in [0.717, 1.165) is 6.42 Å². The molecular formula is C11H18O. The van der Waals surface area contributed by atoms with Crippen LogP contribution in [0.25, 0.3) is 0 Å². The van der Waals surface area contributed by atoms with Gasteiger partial charge in [0.1, 0.15) is 0 Å². The molecule has 0 aromatic heterocycles. The Morgan fingerprint density at radius 3 is 2.50 bits per heavy atom. The molecule has 0 aliphatic heterocycles. The summed E-state index contributed by atoms with van der Waals surface area (Å²) in [4.78, 5) is 0. The lowest BCUT2D eigenvalue weighted by Gasteiger charge is -2.35. The normalized spacial score (nSPS) is 33.3. The molecule has 1 heteroatoms. The summed E-state index contributed by atoms with van der Waals surface area (Å²) in [6, 6.07) is 0. The molecule has 12 heavy (non-hydrogen) atoms. The summed E-state index contributed by atoms with van der Waals surface area (Å²) in [5.74, 6) is 0. The predicted octanol–water partition coefficient (Wildman–Crippen LogP) is 2.53. The molecule has 1 N–H and O–H groups in total. The second-order valence-corrected chi connectivity index (χ2v) is 4.33. The van der Waals surface area contributed by atoms with Crippen LogP contribution in [0.2, 0.25) is 0 Å². The number of hydrogen-bond acceptors (Lipinski definition) is 1. The largest absolute Gasteiger partial charge is 0.392 e. The van der Waals surface area contributed by atoms with Crippen LogP contribution in [0.3, 0.4) is 0 Å². The molecule has 0 fully saturated rings. The molecule has 0 saturated carbocycles. The molecule has 0 heterocycles. The second kappa shape index (κ2) is 3.06. The maximum atomic E-state index is 8.70. The molecule has 1 aliphatic rings. The minimum absolute atomic E-state index is 0.145. The summed E-state index contributed by atoms with van der Waals surface area (Å²) in [6.45, 7) is 6.85. The van der Waals surface area contributed by atoms with E-state index in [9.17, 15) is 0 Å². The smallest absolute Gasteiger partial charge is 0.0612 e. The Morgan fingerprint density at radius 1 is 1.42 bits per heavy atom. The van der Waals surface area contributed by atoms with E-state index in [1.165, 1.54) is 0 Å². The van der Waals surface area contributed by atoms with Crippen molar-refractivity contribution in [3.63, 3.8) is 0 Å². The Morgan fingerprint density at radius 2 is 2.08 bits per heavy atom. The van der Waals surface area contributed by atoms with Crippen molar-refractivity contribution in [1.82, 2.24) is 0 Å². The zero-order chi connectivity index (χ0) is 9.24. The number of rotatable bonds is 2. The number of allylic oxidation sites excluding steroid dienone is 3. The van der Waals surface area contributed by atoms with Crippen LogP contribution in [0, 0.1) is 10.8 Å². The first-order valence-electron chi connectivity index (χ1n) is 4.48. The fraction of sp³-hybridized carbons (Fsp3) is 0.636. The van der Waals surface area contributed by atoms with Gasteiger partial charge in [0.2, 0.25) is 0 Å². The maximum absolute atomic E-state index is 8.70. The van der Waals surface area contributed by atoms with E-state index >= 15 is 0 Å². The first-order valence-corrected chi connectivity index (χ1v) is 4.48. The van der Waals surface area contributed by atoms with Gasteiger partial charge in [-0.1, -0.05) is 45.1 Å². The highest BCUT2D eigenvalue weighted by atomic mass is 16.2. The molecule has 0 radical (unpaired) electrons. The summed E-state index contributed by atoms with van der Waals surface area (Å²) in [7, 11) is 0. The minimum atomic E-state index is 0.145. The third kappa shape index (κ3) is 1.46. The van der Waals surface area contributed by atoms with Gasteiger partial charge in [0.25, 0.3) is 0 Å². The third-order valence-electron chi connectivity index (χ3n) is 3.14. The van der Waals surface area contributed by atoms with Crippen LogP contribution in [-0.2, 0) is 0 Å². The molecular weight excluding hydrogens is 148 g/mol. The lowest BCUT2D eigenvalue weighted by atomic mass is 9.69. The fourth-order valence-electron chi connectivity index (χ4n) is 1.65. The molecule has 0 bridgehead atoms. The lowest BCUT2D eigenvalue weighted by molar-refractivity contribution is 0.229. The summed E-state index contributed by atoms with van der Waals surface area (Å²) < 4.78 is 0. The molecule has 0 aromatic rings. The molecule has 0 aromatic carbocycles. The van der Waals surface area contributed by atoms with E-state index in [0.29, 0.717) is 0 Å². The van der Waals surface area contributed by atoms with Crippen molar-refractivity contribution in [2.75, 3.05) is 6.61 Å². The van der Waals surface area contributed by atoms with Gasteiger partial charge in [0, 0.05) is 0 Å². The van der Waals surface area contributed by atoms with Gasteiger partial charge in [-0.05, 0) is 17.3 Å². The van der Waals surface area contributed by atoms with Crippen molar-refractivity contribution in [2.24, 2.45) is 10.8 Å². The van der Waals surface area contributed by atoms with Crippen LogP contribution >= 0.6 is 0 Å². The van der Waals surface area contributed by atoms with E-state index in [1.807, 2.05) is 6.08 Å². The standard InChI is InChI=1S/C11H18O/c1-10(2)6-4-7-11(10,3)8-5-9-12/h4-6,8,12H,7,9H2,1-3H3/b8-5+. The van der Waals surface area contributed by atoms with Crippen LogP contribution in [0.15, 0.2) is 24.3 Å². The number of hydrogen-bond donors (Lipinski definition) is 1. The van der Waals surface area contributed by atoms with Crippen LogP contribution in [0.4, 0.5) is 0 Å². The Kier molecular flexibility index (Phi) is 2.43. The van der Waals surface area contributed by atoms with Crippen molar-refractivity contribution < 1.29 is 5.11 Å². The molecule has 0 saturated heterocycles. The van der Waals surface area contributed by atoms with Crippen LogP contribution in [-0.4, -0.2) is 11.7 Å². The van der Waals surface area contributed by atoms with Crippen molar-refractivity contribution in [3.05, 3.63) is 24.3 Å². The SMILES string of the molecule is CC1(C)C=CCC1(C)/C=C/CO. The zero-order valence-corrected chi connectivity index (χ0v) is 8.17. The molecule has 1 aliphatic carbocycles. The van der Waals surface area contributed by atoms with Crippen LogP contribution < -0.4 is 0 Å². The molecule has 1 atom stereocenters. The van der Waals surface area contributed by atoms with Gasteiger partial charge in [-0.2, -0.15) is 0 Å². The average molecular weight is 166 g/mol. The topological polar surface area (TPSA) is 20.2 Å². The van der Waals surface area contributed by atoms with Gasteiger partial charge >= 0.3 is 0 Å². The predicted molar refractivity (Wildman–Crippen MR) is 51.9 cm³/mol. The van der Waals surface area contributed by atoms with Gasteiger partial charge in [-0.3, -0.25) is 0 Å². The first-order chi connectivity index (χ1) is 5.52. The van der Waals surface area contributed by atoms with Gasteiger partial charge in [0.05, 0.1) is 6.61 Å². The third-order valence-corrected chi connectivity index (χ3v) is 3.14. The molecule has 1 rings (SSSR count). The minimum Gasteiger partial charge on any atom is -0.392 e. The average Bonchev–Trinajstić information content (AvgIpc) is 2.24. The highest BCUT2D eigenvalue weighted by Gasteiger charge is 2.39. The summed E-state index contributed by atoms with van der Waals surface area (Å²) in [6.07, 6.45) is 9.54. The molecule has 1 unspecified atom stereocenters. The molecule has 1 nitrogen and oxygen atoms in total. The summed E-state index contributed by atoms with van der Waals surface area (Å²) in [5, 5.41) is 8.70. The number of aliphatic hydroxyl groups is 1. The van der Waals surface area contributed by atoms with Gasteiger partial charge in [-0.25, -0.2) is 0 Å². The van der Waals surface area contributed by atoms with Crippen molar-refractivity contribution in [2.45, 2.75) is 27.2 Å². The monoisotopic (exact) mass is 166 g/mol. The van der Waals surface area contributed by atoms with Gasteiger partial charge < -0.3 is 5.11 Å². The first kappa shape index (κ1) is 9.53. The Bertz CT molecular complexity index is 213. The molecule has 0 spiro atoms. The number of aliphatic hydroxyl groups excluding tert-OH is 1. The van der Waals surface area contributed by atoms with E-state index < -0.39 is 0 Å². The second-order valence-electron chi connectivity index (χ2n) is 4.33. The van der Waals surface area contributed by atoms with Gasteiger partial charge in [0.15, 0.2) is 0 Å². The fourth-order valence-corrected chi connectivity index (χ4v) is 1.65. The summed E-state index contributed by atoms with van der Waals surface area (Å²) in [5.41, 5.74) is 0.411. The highest BCUT2D eigenvalue weighted by molar-refractivity contribution is 5.19. The van der Waals surface area contributed by atoms with Crippen molar-refractivity contribution >= 4 is 0 Å². The van der Waals surface area contributed by atoms with Crippen molar-refractivity contribution in [1.29, 1.82) is 0 Å². The quantitative estimate of drug-likeness (QED) is 0.625. The van der Waals surface area contributed by atoms with E-state index in [2.05, 4.69) is 39.0 Å². The summed E-state index contributed by atoms with van der Waals surface area (Å²) >= 11 is 0. The van der Waals surface area contributed by atoms with E-state index in [1.54, 1.807) is 0 Å². The van der Waals surface area contributed by atoms with E-state index in [4.69, 9.17) is 5.11 Å². The Labute approximate surface area is 74.8 Å². The zero-order valence-electron chi connectivity index (χ0n) is 8.17. The van der Waals surface area contributed by atoms with E-state index in [-0.39, 0.29) is 17.4 Å². The van der Waals surface area contributed by atoms with Crippen LogP contribution in [0.5, 0.6) is 0 Å². The van der Waals surface area contributed by atoms with Gasteiger partial charge in [-0.15, -0.1) is 0 Å². The Hall–Kier alpha value is -0.560. The van der Waals surface area contributed by atoms with Crippen LogP contribution in [0.1, 0.15) is 27.2 Å². The molecule has 0 amide bonds.